The van der Waals surface area contributed by atoms with Crippen molar-refractivity contribution in [3.63, 3.8) is 0 Å². The van der Waals surface area contributed by atoms with E-state index in [0.717, 1.165) is 16.9 Å². The van der Waals surface area contributed by atoms with E-state index in [4.69, 9.17) is 5.11 Å². The van der Waals surface area contributed by atoms with Gasteiger partial charge in [-0.05, 0) is 47.3 Å². The van der Waals surface area contributed by atoms with E-state index in [1.165, 1.54) is 6.07 Å². The van der Waals surface area contributed by atoms with Crippen molar-refractivity contribution >= 4 is 27.4 Å². The van der Waals surface area contributed by atoms with E-state index < -0.39 is 35.0 Å². The zero-order chi connectivity index (χ0) is 22.1. The lowest BCUT2D eigenvalue weighted by molar-refractivity contribution is -0.141. The number of alkyl halides is 6. The average Bonchev–Trinajstić information content (AvgIpc) is 3.06. The van der Waals surface area contributed by atoms with Gasteiger partial charge >= 0.3 is 18.3 Å². The molecule has 0 bridgehead atoms. The first-order chi connectivity index (χ1) is 13.9. The minimum Gasteiger partial charge on any atom is -0.481 e. The second-order valence-electron chi connectivity index (χ2n) is 6.56. The Morgan fingerprint density at radius 3 is 2.33 bits per heavy atom. The van der Waals surface area contributed by atoms with Gasteiger partial charge in [-0.15, -0.1) is 11.3 Å². The van der Waals surface area contributed by atoms with Crippen LogP contribution in [0.1, 0.15) is 23.1 Å². The highest BCUT2D eigenvalue weighted by atomic mass is 32.1. The number of fused-ring (bicyclic) bond motifs is 1. The molecule has 2 aromatic carbocycles. The molecule has 3 rings (SSSR count). The molecule has 0 saturated carbocycles. The number of carbonyl (C=O) groups is 1. The van der Waals surface area contributed by atoms with E-state index in [1.807, 2.05) is 0 Å². The van der Waals surface area contributed by atoms with Gasteiger partial charge in [-0.25, -0.2) is 0 Å². The van der Waals surface area contributed by atoms with Crippen molar-refractivity contribution in [3.8, 4) is 10.4 Å². The number of carboxylic acid groups (broad SMARTS) is 1. The molecule has 2 N–H and O–H groups in total. The number of aliphatic carboxylic acids is 1. The minimum atomic E-state index is -4.80. The number of rotatable bonds is 6. The zero-order valence-electron chi connectivity index (χ0n) is 15.2. The molecule has 160 valence electrons. The van der Waals surface area contributed by atoms with Gasteiger partial charge in [-0.1, -0.05) is 6.07 Å². The molecule has 3 nitrogen and oxygen atoms in total. The summed E-state index contributed by atoms with van der Waals surface area (Å²) in [6.45, 7) is 0.604. The van der Waals surface area contributed by atoms with Crippen molar-refractivity contribution in [2.24, 2.45) is 0 Å². The summed E-state index contributed by atoms with van der Waals surface area (Å²) in [5, 5.41) is 12.2. The molecule has 0 unspecified atom stereocenters. The van der Waals surface area contributed by atoms with Crippen LogP contribution in [0.25, 0.3) is 20.5 Å². The molecule has 3 aromatic rings. The molecule has 0 fully saturated rings. The highest BCUT2D eigenvalue weighted by Crippen LogP contribution is 2.44. The standard InChI is InChI=1S/C20H15F6NO2S/c21-19(22,23)13-2-3-15(20(24,25)26)14(9-13)17-8-12-7-11(1-4-16(12)30-17)10-27-6-5-18(28)29/h1-4,7-9,27H,5-6,10H2,(H,28,29). The second-order valence-corrected chi connectivity index (χ2v) is 7.64. The van der Waals surface area contributed by atoms with Crippen molar-refractivity contribution < 1.29 is 36.2 Å². The van der Waals surface area contributed by atoms with Gasteiger partial charge in [-0.2, -0.15) is 26.3 Å². The first kappa shape index (κ1) is 22.1. The Morgan fingerprint density at radius 1 is 0.967 bits per heavy atom. The Labute approximate surface area is 170 Å². The van der Waals surface area contributed by atoms with Gasteiger partial charge in [0.2, 0.25) is 0 Å². The summed E-state index contributed by atoms with van der Waals surface area (Å²) >= 11 is 0.975. The minimum absolute atomic E-state index is 0.0550. The normalized spacial score (nSPS) is 12.5. The summed E-state index contributed by atoms with van der Waals surface area (Å²) in [5.41, 5.74) is -2.01. The maximum Gasteiger partial charge on any atom is 0.417 e. The molecule has 1 heterocycles. The predicted molar refractivity (Wildman–Crippen MR) is 101 cm³/mol. The van der Waals surface area contributed by atoms with Crippen LogP contribution in [0.2, 0.25) is 0 Å². The van der Waals surface area contributed by atoms with Crippen molar-refractivity contribution in [1.29, 1.82) is 0 Å². The van der Waals surface area contributed by atoms with E-state index >= 15 is 0 Å². The molecule has 0 amide bonds. The number of hydrogen-bond acceptors (Lipinski definition) is 3. The van der Waals surface area contributed by atoms with Gasteiger partial charge in [-0.3, -0.25) is 4.79 Å². The van der Waals surface area contributed by atoms with Crippen LogP contribution in [0.3, 0.4) is 0 Å². The fourth-order valence-electron chi connectivity index (χ4n) is 2.94. The van der Waals surface area contributed by atoms with Gasteiger partial charge in [0.1, 0.15) is 0 Å². The fourth-order valence-corrected chi connectivity index (χ4v) is 4.01. The smallest absolute Gasteiger partial charge is 0.417 e. The third-order valence-corrected chi connectivity index (χ3v) is 5.49. The lowest BCUT2D eigenvalue weighted by atomic mass is 10.0. The van der Waals surface area contributed by atoms with Crippen LogP contribution < -0.4 is 5.32 Å². The maximum absolute atomic E-state index is 13.4. The van der Waals surface area contributed by atoms with E-state index in [1.54, 1.807) is 18.2 Å². The van der Waals surface area contributed by atoms with Crippen molar-refractivity contribution in [3.05, 3.63) is 59.2 Å². The molecule has 0 atom stereocenters. The second kappa shape index (κ2) is 8.27. The number of halogens is 6. The van der Waals surface area contributed by atoms with Crippen molar-refractivity contribution in [2.75, 3.05) is 6.54 Å². The highest BCUT2D eigenvalue weighted by molar-refractivity contribution is 7.22. The van der Waals surface area contributed by atoms with Crippen LogP contribution in [-0.4, -0.2) is 17.6 Å². The molecular formula is C20H15F6NO2S. The molecular weight excluding hydrogens is 432 g/mol. The van der Waals surface area contributed by atoms with E-state index in [0.29, 0.717) is 34.8 Å². The molecule has 1 aromatic heterocycles. The largest absolute Gasteiger partial charge is 0.481 e. The zero-order valence-corrected chi connectivity index (χ0v) is 16.0. The Balaban J connectivity index is 1.97. The van der Waals surface area contributed by atoms with Crippen molar-refractivity contribution in [2.45, 2.75) is 25.3 Å². The first-order valence-electron chi connectivity index (χ1n) is 8.69. The van der Waals surface area contributed by atoms with Gasteiger partial charge in [0.25, 0.3) is 0 Å². The quantitative estimate of drug-likeness (QED) is 0.351. The summed E-state index contributed by atoms with van der Waals surface area (Å²) in [4.78, 5) is 10.6. The maximum atomic E-state index is 13.4. The molecule has 0 aliphatic rings. The molecule has 30 heavy (non-hydrogen) atoms. The molecule has 0 aliphatic heterocycles. The fraction of sp³-hybridized carbons (Fsp3) is 0.250. The monoisotopic (exact) mass is 447 g/mol. The molecule has 0 saturated heterocycles. The van der Waals surface area contributed by atoms with Crippen LogP contribution in [0, 0.1) is 0 Å². The summed E-state index contributed by atoms with van der Waals surface area (Å²) in [6, 6.07) is 7.98. The van der Waals surface area contributed by atoms with Crippen molar-refractivity contribution in [1.82, 2.24) is 5.32 Å². The van der Waals surface area contributed by atoms with Crippen LogP contribution in [-0.2, 0) is 23.7 Å². The first-order valence-corrected chi connectivity index (χ1v) is 9.50. The molecule has 0 aliphatic carbocycles. The van der Waals surface area contributed by atoms with Gasteiger partial charge in [0.05, 0.1) is 17.5 Å². The molecule has 0 radical (unpaired) electrons. The third-order valence-electron chi connectivity index (χ3n) is 4.34. The third kappa shape index (κ3) is 5.11. The average molecular weight is 447 g/mol. The topological polar surface area (TPSA) is 49.3 Å². The number of carboxylic acids is 1. The lowest BCUT2D eigenvalue weighted by Gasteiger charge is -2.14. The van der Waals surface area contributed by atoms with E-state index in [2.05, 4.69) is 5.32 Å². The van der Waals surface area contributed by atoms with Gasteiger partial charge < -0.3 is 10.4 Å². The Kier molecular flexibility index (Phi) is 6.09. The number of thiophene rings is 1. The van der Waals surface area contributed by atoms with Crippen LogP contribution in [0.5, 0.6) is 0 Å². The van der Waals surface area contributed by atoms with Crippen LogP contribution >= 0.6 is 11.3 Å². The predicted octanol–water partition coefficient (Wildman–Crippen LogP) is 6.17. The number of nitrogens with one attached hydrogen (secondary N) is 1. The van der Waals surface area contributed by atoms with E-state index in [9.17, 15) is 31.1 Å². The number of benzene rings is 2. The lowest BCUT2D eigenvalue weighted by Crippen LogP contribution is -2.17. The summed E-state index contributed by atoms with van der Waals surface area (Å²) in [7, 11) is 0. The highest BCUT2D eigenvalue weighted by Gasteiger charge is 2.37. The van der Waals surface area contributed by atoms with Gasteiger partial charge in [0, 0.05) is 28.2 Å². The summed E-state index contributed by atoms with van der Waals surface area (Å²) in [6.07, 6.45) is -9.61. The van der Waals surface area contributed by atoms with Crippen LogP contribution in [0.4, 0.5) is 26.3 Å². The number of hydrogen-bond donors (Lipinski definition) is 2. The molecule has 0 spiro atoms. The van der Waals surface area contributed by atoms with Crippen LogP contribution in [0.15, 0.2) is 42.5 Å². The Bertz CT molecular complexity index is 1070. The van der Waals surface area contributed by atoms with Gasteiger partial charge in [0.15, 0.2) is 0 Å². The summed E-state index contributed by atoms with van der Waals surface area (Å²) in [5.74, 6) is -0.943. The Hall–Kier alpha value is -2.59. The summed E-state index contributed by atoms with van der Waals surface area (Å²) < 4.78 is 79.9. The Morgan fingerprint density at radius 2 is 1.70 bits per heavy atom. The van der Waals surface area contributed by atoms with E-state index in [-0.39, 0.29) is 17.8 Å². The molecule has 10 heteroatoms. The SMILES string of the molecule is O=C(O)CCNCc1ccc2sc(-c3cc(C(F)(F)F)ccc3C(F)(F)F)cc2c1.